The van der Waals surface area contributed by atoms with Gasteiger partial charge in [-0.1, -0.05) is 22.0 Å². The first-order chi connectivity index (χ1) is 13.2. The van der Waals surface area contributed by atoms with Gasteiger partial charge in [-0.05, 0) is 37.3 Å². The van der Waals surface area contributed by atoms with Gasteiger partial charge < -0.3 is 14.2 Å². The van der Waals surface area contributed by atoms with Crippen molar-refractivity contribution in [3.63, 3.8) is 0 Å². The van der Waals surface area contributed by atoms with Crippen molar-refractivity contribution in [1.29, 1.82) is 0 Å². The maximum atomic E-state index is 12.8. The maximum absolute atomic E-state index is 12.8. The molecule has 0 fully saturated rings. The molecule has 0 saturated heterocycles. The molecule has 28 heavy (non-hydrogen) atoms. The van der Waals surface area contributed by atoms with E-state index in [9.17, 15) is 18.0 Å². The van der Waals surface area contributed by atoms with Gasteiger partial charge in [0.05, 0.1) is 25.0 Å². The lowest BCUT2D eigenvalue weighted by Crippen LogP contribution is -2.15. The molecule has 2 aromatic carbocycles. The highest BCUT2D eigenvalue weighted by Crippen LogP contribution is 2.35. The van der Waals surface area contributed by atoms with Crippen molar-refractivity contribution < 1.29 is 32.2 Å². The molecule has 2 rings (SSSR count). The van der Waals surface area contributed by atoms with Gasteiger partial charge in [0.2, 0.25) is 0 Å². The summed E-state index contributed by atoms with van der Waals surface area (Å²) in [5.41, 5.74) is -0.272. The number of aliphatic imine (C=N–C) groups is 1. The molecule has 0 aliphatic carbocycles. The topological polar surface area (TPSA) is 57.1 Å². The van der Waals surface area contributed by atoms with Crippen LogP contribution in [0.2, 0.25) is 0 Å². The lowest BCUT2D eigenvalue weighted by atomic mass is 10.2. The van der Waals surface area contributed by atoms with Crippen molar-refractivity contribution >= 4 is 33.8 Å². The van der Waals surface area contributed by atoms with Gasteiger partial charge in [0, 0.05) is 16.3 Å². The Hall–Kier alpha value is -2.55. The number of methoxy groups -OCH3 is 1. The lowest BCUT2D eigenvalue weighted by molar-refractivity contribution is -0.145. The average Bonchev–Trinajstić information content (AvgIpc) is 2.64. The quantitative estimate of drug-likeness (QED) is 0.423. The molecular formula is C19H17BrF3NO4. The molecule has 0 atom stereocenters. The van der Waals surface area contributed by atoms with E-state index in [1.807, 2.05) is 0 Å². The zero-order valence-electron chi connectivity index (χ0n) is 15.0. The summed E-state index contributed by atoms with van der Waals surface area (Å²) in [7, 11) is 1.42. The molecule has 0 radical (unpaired) electrons. The van der Waals surface area contributed by atoms with Crippen LogP contribution in [0.3, 0.4) is 0 Å². The van der Waals surface area contributed by atoms with Gasteiger partial charge in [0.15, 0.2) is 18.1 Å². The zero-order valence-corrected chi connectivity index (χ0v) is 16.6. The van der Waals surface area contributed by atoms with Crippen molar-refractivity contribution in [2.24, 2.45) is 4.99 Å². The van der Waals surface area contributed by atoms with Gasteiger partial charge in [-0.3, -0.25) is 4.99 Å². The number of alkyl halides is 3. The molecule has 0 spiro atoms. The molecule has 0 aliphatic rings. The highest BCUT2D eigenvalue weighted by atomic mass is 79.9. The molecular weight excluding hydrogens is 443 g/mol. The molecule has 0 amide bonds. The summed E-state index contributed by atoms with van der Waals surface area (Å²) < 4.78 is 54.8. The van der Waals surface area contributed by atoms with E-state index in [2.05, 4.69) is 20.9 Å². The van der Waals surface area contributed by atoms with Gasteiger partial charge in [-0.2, -0.15) is 13.2 Å². The minimum atomic E-state index is -4.46. The fourth-order valence-corrected chi connectivity index (χ4v) is 2.69. The molecule has 0 bridgehead atoms. The lowest BCUT2D eigenvalue weighted by Gasteiger charge is -2.13. The largest absolute Gasteiger partial charge is 0.493 e. The van der Waals surface area contributed by atoms with Gasteiger partial charge in [-0.15, -0.1) is 0 Å². The van der Waals surface area contributed by atoms with E-state index in [-0.39, 0.29) is 24.7 Å². The van der Waals surface area contributed by atoms with Crippen LogP contribution in [-0.4, -0.2) is 32.5 Å². The van der Waals surface area contributed by atoms with Gasteiger partial charge in [-0.25, -0.2) is 4.79 Å². The van der Waals surface area contributed by atoms with Crippen LogP contribution < -0.4 is 9.47 Å². The normalized spacial score (nSPS) is 11.5. The molecule has 2 aromatic rings. The summed E-state index contributed by atoms with van der Waals surface area (Å²) in [5.74, 6) is -0.0214. The van der Waals surface area contributed by atoms with Crippen LogP contribution in [-0.2, 0) is 15.7 Å². The Kier molecular flexibility index (Phi) is 7.45. The Morgan fingerprint density at radius 1 is 1.25 bits per heavy atom. The highest BCUT2D eigenvalue weighted by molar-refractivity contribution is 9.10. The van der Waals surface area contributed by atoms with Crippen LogP contribution in [0, 0.1) is 0 Å². The number of carbonyl (C=O) groups is 1. The van der Waals surface area contributed by atoms with Crippen molar-refractivity contribution in [2.75, 3.05) is 20.3 Å². The van der Waals surface area contributed by atoms with Crippen molar-refractivity contribution in [3.8, 4) is 11.5 Å². The molecule has 0 saturated carbocycles. The summed E-state index contributed by atoms with van der Waals surface area (Å²) in [6.07, 6.45) is -3.12. The summed E-state index contributed by atoms with van der Waals surface area (Å²) in [5, 5.41) is 0. The van der Waals surface area contributed by atoms with Crippen LogP contribution in [0.15, 0.2) is 45.9 Å². The number of ether oxygens (including phenoxy) is 3. The maximum Gasteiger partial charge on any atom is 0.416 e. The molecule has 0 N–H and O–H groups in total. The Labute approximate surface area is 168 Å². The number of benzene rings is 2. The molecule has 5 nitrogen and oxygen atoms in total. The summed E-state index contributed by atoms with van der Waals surface area (Å²) in [6.45, 7) is 1.53. The first kappa shape index (κ1) is 21.7. The van der Waals surface area contributed by atoms with Crippen molar-refractivity contribution in [2.45, 2.75) is 13.1 Å². The van der Waals surface area contributed by atoms with Crippen LogP contribution >= 0.6 is 15.9 Å². The molecule has 0 heterocycles. The second-order valence-corrected chi connectivity index (χ2v) is 6.34. The van der Waals surface area contributed by atoms with Gasteiger partial charge in [0.1, 0.15) is 0 Å². The number of carbonyl (C=O) groups excluding carboxylic acids is 1. The van der Waals surface area contributed by atoms with E-state index in [0.717, 1.165) is 12.1 Å². The second-order valence-electron chi connectivity index (χ2n) is 5.43. The number of hydrogen-bond donors (Lipinski definition) is 0. The molecule has 0 unspecified atom stereocenters. The number of hydrogen-bond acceptors (Lipinski definition) is 5. The first-order valence-corrected chi connectivity index (χ1v) is 8.91. The third-order valence-electron chi connectivity index (χ3n) is 3.43. The van der Waals surface area contributed by atoms with E-state index >= 15 is 0 Å². The number of esters is 1. The first-order valence-electron chi connectivity index (χ1n) is 8.12. The van der Waals surface area contributed by atoms with Crippen LogP contribution in [0.4, 0.5) is 18.9 Å². The Bertz CT molecular complexity index is 869. The SMILES string of the molecule is CCOC(=O)COc1c(/C=N\c2cccc(C(F)(F)F)c2)cc(Br)cc1OC. The Morgan fingerprint density at radius 2 is 2.00 bits per heavy atom. The predicted molar refractivity (Wildman–Crippen MR) is 102 cm³/mol. The Balaban J connectivity index is 2.35. The molecule has 0 aromatic heterocycles. The van der Waals surface area contributed by atoms with Crippen LogP contribution in [0.1, 0.15) is 18.1 Å². The molecule has 9 heteroatoms. The minimum Gasteiger partial charge on any atom is -0.493 e. The van der Waals surface area contributed by atoms with Gasteiger partial charge >= 0.3 is 12.1 Å². The van der Waals surface area contributed by atoms with E-state index in [1.54, 1.807) is 19.1 Å². The second kappa shape index (κ2) is 9.59. The summed E-state index contributed by atoms with van der Waals surface area (Å²) in [6, 6.07) is 7.89. The highest BCUT2D eigenvalue weighted by Gasteiger charge is 2.30. The standard InChI is InChI=1S/C19H17BrF3NO4/c1-3-27-17(25)11-28-18-12(7-14(20)9-16(18)26-2)10-24-15-6-4-5-13(8-15)19(21,22)23/h4-10H,3,11H2,1-2H3/b24-10-. The van der Waals surface area contributed by atoms with E-state index in [0.29, 0.717) is 15.8 Å². The average molecular weight is 460 g/mol. The third-order valence-corrected chi connectivity index (χ3v) is 3.89. The van der Waals surface area contributed by atoms with E-state index in [4.69, 9.17) is 14.2 Å². The third kappa shape index (κ3) is 5.98. The van der Waals surface area contributed by atoms with Crippen molar-refractivity contribution in [1.82, 2.24) is 0 Å². The predicted octanol–water partition coefficient (Wildman–Crippen LogP) is 5.17. The van der Waals surface area contributed by atoms with Crippen LogP contribution in [0.5, 0.6) is 11.5 Å². The van der Waals surface area contributed by atoms with Crippen LogP contribution in [0.25, 0.3) is 0 Å². The summed E-state index contributed by atoms with van der Waals surface area (Å²) in [4.78, 5) is 15.7. The van der Waals surface area contributed by atoms with Crippen molar-refractivity contribution in [3.05, 3.63) is 52.0 Å². The fraction of sp³-hybridized carbons (Fsp3) is 0.263. The minimum absolute atomic E-state index is 0.116. The zero-order chi connectivity index (χ0) is 20.7. The van der Waals surface area contributed by atoms with Gasteiger partial charge in [0.25, 0.3) is 0 Å². The molecule has 0 aliphatic heterocycles. The number of halogens is 4. The fourth-order valence-electron chi connectivity index (χ4n) is 2.23. The number of nitrogens with zero attached hydrogens (tertiary/aromatic N) is 1. The Morgan fingerprint density at radius 3 is 2.64 bits per heavy atom. The smallest absolute Gasteiger partial charge is 0.416 e. The van der Waals surface area contributed by atoms with E-state index in [1.165, 1.54) is 25.5 Å². The monoisotopic (exact) mass is 459 g/mol. The summed E-state index contributed by atoms with van der Waals surface area (Å²) >= 11 is 3.32. The number of rotatable bonds is 7. The molecule has 150 valence electrons. The van der Waals surface area contributed by atoms with E-state index < -0.39 is 17.7 Å².